The van der Waals surface area contributed by atoms with Crippen molar-refractivity contribution in [2.45, 2.75) is 19.4 Å². The second kappa shape index (κ2) is 6.33. The van der Waals surface area contributed by atoms with Crippen LogP contribution in [0.15, 0.2) is 29.4 Å². The van der Waals surface area contributed by atoms with Gasteiger partial charge in [-0.25, -0.2) is 0 Å². The summed E-state index contributed by atoms with van der Waals surface area (Å²) in [6, 6.07) is 7.94. The van der Waals surface area contributed by atoms with E-state index in [2.05, 4.69) is 10.5 Å². The molecular formula is C14H18N2O3. The first-order chi connectivity index (χ1) is 9.22. The van der Waals surface area contributed by atoms with Crippen molar-refractivity contribution in [2.75, 3.05) is 20.3 Å². The molecule has 0 saturated carbocycles. The Morgan fingerprint density at radius 1 is 1.53 bits per heavy atom. The summed E-state index contributed by atoms with van der Waals surface area (Å²) in [5.74, 6) is -0.149. The Morgan fingerprint density at radius 3 is 3.05 bits per heavy atom. The second-order valence-corrected chi connectivity index (χ2v) is 4.43. The molecule has 1 unspecified atom stereocenters. The van der Waals surface area contributed by atoms with Gasteiger partial charge in [0.05, 0.1) is 12.3 Å². The number of benzene rings is 1. The molecule has 1 aromatic carbocycles. The van der Waals surface area contributed by atoms with Gasteiger partial charge in [0, 0.05) is 25.6 Å². The molecule has 102 valence electrons. The van der Waals surface area contributed by atoms with Crippen LogP contribution in [0.3, 0.4) is 0 Å². The minimum atomic E-state index is -0.536. The molecule has 0 bridgehead atoms. The van der Waals surface area contributed by atoms with Gasteiger partial charge < -0.3 is 14.9 Å². The molecule has 0 fully saturated rings. The molecule has 1 N–H and O–H groups in total. The molecule has 5 heteroatoms. The van der Waals surface area contributed by atoms with Crippen LogP contribution in [0.2, 0.25) is 0 Å². The number of rotatable bonds is 5. The highest BCUT2D eigenvalue weighted by molar-refractivity contribution is 6.04. The molecule has 1 aromatic rings. The number of carbonyl (C=O) groups excluding carboxylic acids is 1. The summed E-state index contributed by atoms with van der Waals surface area (Å²) in [7, 11) is 1.59. The van der Waals surface area contributed by atoms with Crippen LogP contribution >= 0.6 is 0 Å². The maximum absolute atomic E-state index is 11.8. The maximum atomic E-state index is 11.8. The lowest BCUT2D eigenvalue weighted by Crippen LogP contribution is -2.36. The maximum Gasteiger partial charge on any atom is 0.264 e. The van der Waals surface area contributed by atoms with E-state index in [1.54, 1.807) is 7.11 Å². The van der Waals surface area contributed by atoms with Crippen molar-refractivity contribution < 1.29 is 14.4 Å². The molecular weight excluding hydrogens is 244 g/mol. The number of hydrogen-bond donors (Lipinski definition) is 1. The first-order valence-corrected chi connectivity index (χ1v) is 6.27. The van der Waals surface area contributed by atoms with Crippen LogP contribution in [-0.4, -0.2) is 38.0 Å². The molecule has 0 aromatic heterocycles. The Balaban J connectivity index is 1.92. The highest BCUT2D eigenvalue weighted by Crippen LogP contribution is 2.19. The van der Waals surface area contributed by atoms with Crippen LogP contribution in [0.25, 0.3) is 0 Å². The number of hydrogen-bond acceptors (Lipinski definition) is 4. The van der Waals surface area contributed by atoms with Crippen LogP contribution < -0.4 is 5.32 Å². The van der Waals surface area contributed by atoms with Gasteiger partial charge in [0.15, 0.2) is 0 Å². The molecule has 19 heavy (non-hydrogen) atoms. The molecule has 5 nitrogen and oxygen atoms in total. The van der Waals surface area contributed by atoms with E-state index in [0.29, 0.717) is 19.6 Å². The average Bonchev–Trinajstić information content (AvgIpc) is 2.89. The van der Waals surface area contributed by atoms with E-state index in [0.717, 1.165) is 16.8 Å². The van der Waals surface area contributed by atoms with Crippen molar-refractivity contribution in [2.24, 2.45) is 5.16 Å². The predicted molar refractivity (Wildman–Crippen MR) is 72.1 cm³/mol. The van der Waals surface area contributed by atoms with Crippen molar-refractivity contribution >= 4 is 11.6 Å². The zero-order chi connectivity index (χ0) is 13.7. The molecule has 0 spiro atoms. The van der Waals surface area contributed by atoms with E-state index in [4.69, 9.17) is 9.57 Å². The summed E-state index contributed by atoms with van der Waals surface area (Å²) in [5.41, 5.74) is 2.99. The fourth-order valence-electron chi connectivity index (χ4n) is 1.96. The van der Waals surface area contributed by atoms with E-state index in [1.165, 1.54) is 0 Å². The highest BCUT2D eigenvalue weighted by Gasteiger charge is 2.28. The Bertz CT molecular complexity index is 485. The first kappa shape index (κ1) is 13.5. The zero-order valence-electron chi connectivity index (χ0n) is 11.2. The lowest BCUT2D eigenvalue weighted by Gasteiger charge is -2.09. The van der Waals surface area contributed by atoms with E-state index < -0.39 is 6.10 Å². The van der Waals surface area contributed by atoms with Crippen molar-refractivity contribution in [3.8, 4) is 0 Å². The zero-order valence-corrected chi connectivity index (χ0v) is 11.2. The van der Waals surface area contributed by atoms with Crippen LogP contribution in [0.4, 0.5) is 0 Å². The SMILES string of the molecule is COCCNC(=O)C1CC(c2ccccc2C)=NO1. The first-order valence-electron chi connectivity index (χ1n) is 6.27. The fraction of sp³-hybridized carbons (Fsp3) is 0.429. The van der Waals surface area contributed by atoms with Crippen LogP contribution in [0.1, 0.15) is 17.5 Å². The van der Waals surface area contributed by atoms with Crippen molar-refractivity contribution in [3.05, 3.63) is 35.4 Å². The molecule has 0 saturated heterocycles. The van der Waals surface area contributed by atoms with Gasteiger partial charge in [-0.3, -0.25) is 4.79 Å². The minimum Gasteiger partial charge on any atom is -0.383 e. The van der Waals surface area contributed by atoms with E-state index in [-0.39, 0.29) is 5.91 Å². The van der Waals surface area contributed by atoms with E-state index >= 15 is 0 Å². The largest absolute Gasteiger partial charge is 0.383 e. The topological polar surface area (TPSA) is 59.9 Å². The third kappa shape index (κ3) is 3.32. The third-order valence-electron chi connectivity index (χ3n) is 3.02. The normalized spacial score (nSPS) is 17.8. The third-order valence-corrected chi connectivity index (χ3v) is 3.02. The number of amides is 1. The number of methoxy groups -OCH3 is 1. The summed E-state index contributed by atoms with van der Waals surface area (Å²) >= 11 is 0. The summed E-state index contributed by atoms with van der Waals surface area (Å²) in [6.07, 6.45) is -0.0320. The van der Waals surface area contributed by atoms with Gasteiger partial charge in [-0.1, -0.05) is 29.4 Å². The Labute approximate surface area is 112 Å². The van der Waals surface area contributed by atoms with Crippen molar-refractivity contribution in [1.29, 1.82) is 0 Å². The standard InChI is InChI=1S/C14H18N2O3/c1-10-5-3-4-6-11(10)12-9-13(19-16-12)14(17)15-7-8-18-2/h3-6,13H,7-9H2,1-2H3,(H,15,17). The second-order valence-electron chi connectivity index (χ2n) is 4.43. The van der Waals surface area contributed by atoms with Crippen LogP contribution in [0, 0.1) is 6.92 Å². The smallest absolute Gasteiger partial charge is 0.264 e. The van der Waals surface area contributed by atoms with Crippen LogP contribution in [-0.2, 0) is 14.4 Å². The Kier molecular flexibility index (Phi) is 4.52. The molecule has 1 amide bonds. The molecule has 1 aliphatic rings. The lowest BCUT2D eigenvalue weighted by atomic mass is 10.0. The molecule has 0 aliphatic carbocycles. The highest BCUT2D eigenvalue weighted by atomic mass is 16.6. The molecule has 0 radical (unpaired) electrons. The summed E-state index contributed by atoms with van der Waals surface area (Å²) in [4.78, 5) is 17.0. The summed E-state index contributed by atoms with van der Waals surface area (Å²) in [6.45, 7) is 2.99. The number of carbonyl (C=O) groups is 1. The number of nitrogens with one attached hydrogen (secondary N) is 1. The van der Waals surface area contributed by atoms with Gasteiger partial charge in [-0.05, 0) is 12.5 Å². The predicted octanol–water partition coefficient (Wildman–Crippen LogP) is 1.25. The van der Waals surface area contributed by atoms with Gasteiger partial charge in [0.25, 0.3) is 5.91 Å². The Hall–Kier alpha value is -1.88. The number of oxime groups is 1. The number of aryl methyl sites for hydroxylation is 1. The molecule has 1 aliphatic heterocycles. The monoisotopic (exact) mass is 262 g/mol. The van der Waals surface area contributed by atoms with Gasteiger partial charge in [0.2, 0.25) is 6.10 Å². The quantitative estimate of drug-likeness (QED) is 0.812. The molecule has 2 rings (SSSR count). The van der Waals surface area contributed by atoms with E-state index in [1.807, 2.05) is 31.2 Å². The van der Waals surface area contributed by atoms with E-state index in [9.17, 15) is 4.79 Å². The summed E-state index contributed by atoms with van der Waals surface area (Å²) in [5, 5.41) is 6.77. The van der Waals surface area contributed by atoms with Gasteiger partial charge in [-0.2, -0.15) is 0 Å². The van der Waals surface area contributed by atoms with Crippen molar-refractivity contribution in [1.82, 2.24) is 5.32 Å². The van der Waals surface area contributed by atoms with Gasteiger partial charge in [0.1, 0.15) is 0 Å². The average molecular weight is 262 g/mol. The molecule has 1 heterocycles. The number of nitrogens with zero attached hydrogens (tertiary/aromatic N) is 1. The summed E-state index contributed by atoms with van der Waals surface area (Å²) < 4.78 is 4.88. The molecule has 1 atom stereocenters. The van der Waals surface area contributed by atoms with Gasteiger partial charge >= 0.3 is 0 Å². The number of ether oxygens (including phenoxy) is 1. The van der Waals surface area contributed by atoms with Crippen molar-refractivity contribution in [3.63, 3.8) is 0 Å². The fourth-order valence-corrected chi connectivity index (χ4v) is 1.96. The lowest BCUT2D eigenvalue weighted by molar-refractivity contribution is -0.131. The Morgan fingerprint density at radius 2 is 2.32 bits per heavy atom. The minimum absolute atomic E-state index is 0.149. The van der Waals surface area contributed by atoms with Crippen LogP contribution in [0.5, 0.6) is 0 Å². The van der Waals surface area contributed by atoms with Gasteiger partial charge in [-0.15, -0.1) is 0 Å².